The number of piperazine rings is 1. The van der Waals surface area contributed by atoms with Gasteiger partial charge < -0.3 is 15.0 Å². The lowest BCUT2D eigenvalue weighted by Gasteiger charge is -2.26. The van der Waals surface area contributed by atoms with Gasteiger partial charge in [-0.25, -0.2) is 0 Å². The predicted octanol–water partition coefficient (Wildman–Crippen LogP) is 1.91. The van der Waals surface area contributed by atoms with Gasteiger partial charge in [0.05, 0.1) is 6.54 Å². The van der Waals surface area contributed by atoms with Crippen molar-refractivity contribution in [3.63, 3.8) is 0 Å². The summed E-state index contributed by atoms with van der Waals surface area (Å²) in [6.45, 7) is 1.63. The highest BCUT2D eigenvalue weighted by Gasteiger charge is 2.18. The molecule has 0 unspecified atom stereocenters. The predicted molar refractivity (Wildman–Crippen MR) is 103 cm³/mol. The molecule has 1 aromatic carbocycles. The Labute approximate surface area is 170 Å². The summed E-state index contributed by atoms with van der Waals surface area (Å²) in [5, 5.41) is 19.5. The van der Waals surface area contributed by atoms with Gasteiger partial charge in [0.2, 0.25) is 11.8 Å². The third kappa shape index (κ3) is 4.00. The number of hydrogen-bond acceptors (Lipinski definition) is 7. The largest absolute Gasteiger partial charge is 0.470 e. The van der Waals surface area contributed by atoms with Gasteiger partial charge in [0.15, 0.2) is 5.82 Å². The van der Waals surface area contributed by atoms with Crippen LogP contribution in [0, 0.1) is 0 Å². The van der Waals surface area contributed by atoms with Crippen LogP contribution >= 0.6 is 23.4 Å². The van der Waals surface area contributed by atoms with Crippen molar-refractivity contribution >= 4 is 35.1 Å². The molecule has 0 bridgehead atoms. The van der Waals surface area contributed by atoms with E-state index in [1.165, 1.54) is 0 Å². The number of carbonyl (C=O) groups is 1. The zero-order valence-electron chi connectivity index (χ0n) is 14.5. The molecule has 1 aliphatic rings. The minimum atomic E-state index is -0.0361. The van der Waals surface area contributed by atoms with Gasteiger partial charge in [0.25, 0.3) is 0 Å². The number of aromatic nitrogens is 5. The first-order valence-corrected chi connectivity index (χ1v) is 9.16. The van der Waals surface area contributed by atoms with Gasteiger partial charge in [-0.05, 0) is 23.4 Å². The van der Waals surface area contributed by atoms with E-state index in [0.717, 1.165) is 9.76 Å². The van der Waals surface area contributed by atoms with E-state index in [-0.39, 0.29) is 19.1 Å². The summed E-state index contributed by atoms with van der Waals surface area (Å²) in [5.41, 5.74) is 1.98. The van der Waals surface area contributed by atoms with Crippen molar-refractivity contribution in [2.45, 2.75) is 6.61 Å². The van der Waals surface area contributed by atoms with E-state index in [9.17, 15) is 4.79 Å². The molecule has 9 nitrogen and oxygen atoms in total. The highest BCUT2D eigenvalue weighted by molar-refractivity contribution is 6.30. The van der Waals surface area contributed by atoms with Crippen molar-refractivity contribution in [1.29, 1.82) is 0 Å². The Morgan fingerprint density at radius 1 is 1.11 bits per heavy atom. The molecule has 11 heteroatoms. The standard InChI is InChI=1S/C17H15Cl2N7O2/c18-12-3-1-11(2-4-12)17-13(26(19)24-23-17)10-28-16-6-5-14(21-22-16)25-8-7-20-15(27)9-25/h1-6H,7-10H2,(H,20,27). The second-order valence-corrected chi connectivity index (χ2v) is 6.80. The van der Waals surface area contributed by atoms with E-state index in [1.807, 2.05) is 17.0 Å². The molecule has 4 rings (SSSR count). The SMILES string of the molecule is O=C1CN(c2ccc(OCc3c(-c4ccc(Cl)cc4)nnn3Cl)nn2)CCN1. The molecule has 0 aliphatic carbocycles. The number of rotatable bonds is 5. The molecule has 0 saturated carbocycles. The van der Waals surface area contributed by atoms with Gasteiger partial charge >= 0.3 is 0 Å². The lowest BCUT2D eigenvalue weighted by atomic mass is 10.1. The number of ether oxygens (including phenoxy) is 1. The quantitative estimate of drug-likeness (QED) is 0.673. The van der Waals surface area contributed by atoms with Crippen LogP contribution < -0.4 is 15.0 Å². The summed E-state index contributed by atoms with van der Waals surface area (Å²) >= 11 is 12.0. The maximum absolute atomic E-state index is 11.5. The first-order valence-electron chi connectivity index (χ1n) is 8.45. The van der Waals surface area contributed by atoms with Gasteiger partial charge in [-0.3, -0.25) is 4.79 Å². The van der Waals surface area contributed by atoms with E-state index in [4.69, 9.17) is 28.1 Å². The van der Waals surface area contributed by atoms with E-state index in [1.54, 1.807) is 24.3 Å². The molecular formula is C17H15Cl2N7O2. The lowest BCUT2D eigenvalue weighted by Crippen LogP contribution is -2.48. The molecule has 144 valence electrons. The Morgan fingerprint density at radius 2 is 1.93 bits per heavy atom. The van der Waals surface area contributed by atoms with Gasteiger partial charge in [-0.15, -0.1) is 15.3 Å². The average molecular weight is 420 g/mol. The first-order chi connectivity index (χ1) is 13.6. The fourth-order valence-electron chi connectivity index (χ4n) is 2.77. The maximum Gasteiger partial charge on any atom is 0.239 e. The van der Waals surface area contributed by atoms with Crippen molar-refractivity contribution < 1.29 is 9.53 Å². The van der Waals surface area contributed by atoms with Crippen molar-refractivity contribution in [2.24, 2.45) is 0 Å². The van der Waals surface area contributed by atoms with Gasteiger partial charge in [-0.2, -0.15) is 4.20 Å². The van der Waals surface area contributed by atoms with Gasteiger partial charge in [0, 0.05) is 41.5 Å². The van der Waals surface area contributed by atoms with Crippen molar-refractivity contribution in [3.05, 3.63) is 47.1 Å². The molecule has 3 aromatic rings. The molecule has 2 aromatic heterocycles. The fraction of sp³-hybridized carbons (Fsp3) is 0.235. The highest BCUT2D eigenvalue weighted by Crippen LogP contribution is 2.24. The zero-order chi connectivity index (χ0) is 19.5. The summed E-state index contributed by atoms with van der Waals surface area (Å²) < 4.78 is 6.83. The van der Waals surface area contributed by atoms with Crippen LogP contribution in [-0.4, -0.2) is 50.3 Å². The van der Waals surface area contributed by atoms with Crippen LogP contribution in [-0.2, 0) is 11.4 Å². The molecule has 1 saturated heterocycles. The molecule has 1 amide bonds. The van der Waals surface area contributed by atoms with Crippen LogP contribution in [0.4, 0.5) is 5.82 Å². The summed E-state index contributed by atoms with van der Waals surface area (Å²) in [6.07, 6.45) is 0. The van der Waals surface area contributed by atoms with Crippen molar-refractivity contribution in [2.75, 3.05) is 24.5 Å². The second kappa shape index (κ2) is 7.99. The number of nitrogens with one attached hydrogen (secondary N) is 1. The number of hydrogen-bond donors (Lipinski definition) is 1. The Morgan fingerprint density at radius 3 is 2.64 bits per heavy atom. The molecule has 1 aliphatic heterocycles. The highest BCUT2D eigenvalue weighted by atomic mass is 35.5. The summed E-state index contributed by atoms with van der Waals surface area (Å²) in [5.74, 6) is 0.907. The minimum Gasteiger partial charge on any atom is -0.470 e. The fourth-order valence-corrected chi connectivity index (χ4v) is 3.06. The topological polar surface area (TPSA) is 98.1 Å². The molecular weight excluding hydrogens is 405 g/mol. The number of amides is 1. The van der Waals surface area contributed by atoms with E-state index < -0.39 is 0 Å². The Bertz CT molecular complexity index is 976. The molecule has 0 atom stereocenters. The number of benzene rings is 1. The number of nitrogens with zero attached hydrogens (tertiary/aromatic N) is 6. The monoisotopic (exact) mass is 419 g/mol. The van der Waals surface area contributed by atoms with Crippen LogP contribution in [0.15, 0.2) is 36.4 Å². The molecule has 3 heterocycles. The minimum absolute atomic E-state index is 0.0361. The average Bonchev–Trinajstić information content (AvgIpc) is 3.08. The van der Waals surface area contributed by atoms with Crippen molar-refractivity contribution in [1.82, 2.24) is 30.0 Å². The van der Waals surface area contributed by atoms with Crippen LogP contribution in [0.3, 0.4) is 0 Å². The van der Waals surface area contributed by atoms with Crippen LogP contribution in [0.25, 0.3) is 11.3 Å². The number of carbonyl (C=O) groups excluding carboxylic acids is 1. The third-order valence-electron chi connectivity index (χ3n) is 4.18. The van der Waals surface area contributed by atoms with Crippen LogP contribution in [0.1, 0.15) is 5.69 Å². The Kier molecular flexibility index (Phi) is 5.27. The normalized spacial score (nSPS) is 14.1. The van der Waals surface area contributed by atoms with E-state index in [2.05, 4.69) is 25.8 Å². The first kappa shape index (κ1) is 18.5. The zero-order valence-corrected chi connectivity index (χ0v) is 16.1. The van der Waals surface area contributed by atoms with Crippen molar-refractivity contribution in [3.8, 4) is 17.1 Å². The van der Waals surface area contributed by atoms with Gasteiger partial charge in [0.1, 0.15) is 18.0 Å². The van der Waals surface area contributed by atoms with Gasteiger partial charge in [-0.1, -0.05) is 23.7 Å². The lowest BCUT2D eigenvalue weighted by molar-refractivity contribution is -0.120. The smallest absolute Gasteiger partial charge is 0.239 e. The summed E-state index contributed by atoms with van der Waals surface area (Å²) in [4.78, 5) is 13.3. The number of anilines is 1. The van der Waals surface area contributed by atoms with Crippen LogP contribution in [0.2, 0.25) is 5.02 Å². The van der Waals surface area contributed by atoms with Crippen LogP contribution in [0.5, 0.6) is 5.88 Å². The molecule has 0 spiro atoms. The Hall–Kier alpha value is -2.91. The molecule has 0 radical (unpaired) electrons. The Balaban J connectivity index is 1.45. The second-order valence-electron chi connectivity index (χ2n) is 6.04. The summed E-state index contributed by atoms with van der Waals surface area (Å²) in [6, 6.07) is 10.6. The molecule has 28 heavy (non-hydrogen) atoms. The molecule has 1 N–H and O–H groups in total. The molecule has 1 fully saturated rings. The number of halogens is 2. The summed E-state index contributed by atoms with van der Waals surface area (Å²) in [7, 11) is 0. The van der Waals surface area contributed by atoms with E-state index >= 15 is 0 Å². The third-order valence-corrected chi connectivity index (χ3v) is 4.71. The van der Waals surface area contributed by atoms with E-state index in [0.29, 0.717) is 41.2 Å². The maximum atomic E-state index is 11.5.